The molecule has 4 heteroatoms. The van der Waals surface area contributed by atoms with Crippen LogP contribution in [0.3, 0.4) is 0 Å². The molecule has 16 heavy (non-hydrogen) atoms. The van der Waals surface area contributed by atoms with E-state index < -0.39 is 18.2 Å². The van der Waals surface area contributed by atoms with Gasteiger partial charge in [-0.05, 0) is 30.4 Å². The highest BCUT2D eigenvalue weighted by molar-refractivity contribution is 5.79. The highest BCUT2D eigenvalue weighted by Crippen LogP contribution is 2.31. The maximum Gasteiger partial charge on any atom is 0.348 e. The lowest BCUT2D eigenvalue weighted by Crippen LogP contribution is -2.34. The number of aliphatic hydroxyl groups is 1. The Hall–Kier alpha value is -1.42. The molecule has 0 spiro atoms. The van der Waals surface area contributed by atoms with Gasteiger partial charge in [-0.3, -0.25) is 0 Å². The second-order valence-electron chi connectivity index (χ2n) is 4.10. The van der Waals surface area contributed by atoms with E-state index in [0.29, 0.717) is 0 Å². The van der Waals surface area contributed by atoms with E-state index in [-0.39, 0.29) is 5.56 Å². The molecule has 0 saturated heterocycles. The molecule has 1 aliphatic carbocycles. The summed E-state index contributed by atoms with van der Waals surface area (Å²) in [6, 6.07) is 4.77. The van der Waals surface area contributed by atoms with Crippen molar-refractivity contribution in [1.82, 2.24) is 0 Å². The molecule has 0 saturated carbocycles. The first-order chi connectivity index (χ1) is 7.58. The highest BCUT2D eigenvalue weighted by atomic mass is 19.1. The van der Waals surface area contributed by atoms with E-state index >= 15 is 0 Å². The largest absolute Gasteiger partial charge is 0.479 e. The van der Waals surface area contributed by atoms with Gasteiger partial charge in [-0.2, -0.15) is 0 Å². The number of hydrogen-bond donors (Lipinski definition) is 2. The minimum atomic E-state index is -2.68. The average Bonchev–Trinajstić information content (AvgIpc) is 2.74. The van der Waals surface area contributed by atoms with E-state index in [9.17, 15) is 9.18 Å². The van der Waals surface area contributed by atoms with Crippen molar-refractivity contribution in [3.8, 4) is 0 Å². The number of carboxylic acids is 1. The number of rotatable bonds is 3. The van der Waals surface area contributed by atoms with E-state index in [1.54, 1.807) is 12.1 Å². The van der Waals surface area contributed by atoms with Gasteiger partial charge in [-0.1, -0.05) is 18.2 Å². The molecule has 1 aromatic carbocycles. The second kappa shape index (κ2) is 3.87. The summed E-state index contributed by atoms with van der Waals surface area (Å²) in [5.74, 6) is -1.65. The zero-order valence-electron chi connectivity index (χ0n) is 8.74. The Bertz CT molecular complexity index is 430. The molecule has 1 unspecified atom stereocenters. The van der Waals surface area contributed by atoms with Crippen LogP contribution in [-0.2, 0) is 23.3 Å². The summed E-state index contributed by atoms with van der Waals surface area (Å²) in [7, 11) is 0. The highest BCUT2D eigenvalue weighted by Gasteiger charge is 2.40. The maximum absolute atomic E-state index is 14.0. The third kappa shape index (κ3) is 1.59. The van der Waals surface area contributed by atoms with Gasteiger partial charge >= 0.3 is 5.97 Å². The van der Waals surface area contributed by atoms with E-state index in [4.69, 9.17) is 10.2 Å². The first-order valence-corrected chi connectivity index (χ1v) is 5.23. The van der Waals surface area contributed by atoms with Crippen molar-refractivity contribution in [2.75, 3.05) is 6.61 Å². The molecule has 0 aromatic heterocycles. The van der Waals surface area contributed by atoms with Crippen LogP contribution in [0.5, 0.6) is 0 Å². The lowest BCUT2D eigenvalue weighted by molar-refractivity contribution is -0.154. The number of fused-ring (bicyclic) bond motifs is 1. The van der Waals surface area contributed by atoms with Crippen LogP contribution in [-0.4, -0.2) is 22.8 Å². The van der Waals surface area contributed by atoms with Gasteiger partial charge in [-0.25, -0.2) is 9.18 Å². The molecule has 0 heterocycles. The number of carbonyl (C=O) groups is 1. The molecule has 0 aliphatic heterocycles. The van der Waals surface area contributed by atoms with E-state index in [1.807, 2.05) is 0 Å². The van der Waals surface area contributed by atoms with Crippen molar-refractivity contribution < 1.29 is 19.4 Å². The number of halogens is 1. The molecule has 1 aliphatic rings. The SMILES string of the molecule is O=C(O)C(F)(CO)c1ccc2c(c1)CCC2. The number of aliphatic carboxylic acids is 1. The molecular weight excluding hydrogens is 211 g/mol. The van der Waals surface area contributed by atoms with Gasteiger partial charge < -0.3 is 10.2 Å². The third-order valence-corrected chi connectivity index (χ3v) is 3.11. The average molecular weight is 224 g/mol. The van der Waals surface area contributed by atoms with Gasteiger partial charge in [0.1, 0.15) is 0 Å². The number of aryl methyl sites for hydroxylation is 2. The lowest BCUT2D eigenvalue weighted by Gasteiger charge is -2.19. The molecule has 86 valence electrons. The van der Waals surface area contributed by atoms with Crippen molar-refractivity contribution in [2.24, 2.45) is 0 Å². The third-order valence-electron chi connectivity index (χ3n) is 3.11. The van der Waals surface area contributed by atoms with Crippen molar-refractivity contribution in [2.45, 2.75) is 24.9 Å². The van der Waals surface area contributed by atoms with E-state index in [2.05, 4.69) is 0 Å². The van der Waals surface area contributed by atoms with E-state index in [1.165, 1.54) is 6.07 Å². The normalized spacial score (nSPS) is 17.9. The molecule has 2 rings (SSSR count). The molecular formula is C12H13FO3. The Labute approximate surface area is 92.5 Å². The Morgan fingerprint density at radius 3 is 2.69 bits per heavy atom. The quantitative estimate of drug-likeness (QED) is 0.816. The van der Waals surface area contributed by atoms with Crippen molar-refractivity contribution in [3.63, 3.8) is 0 Å². The standard InChI is InChI=1S/C12H13FO3/c13-12(7-14,11(15)16)10-5-4-8-2-1-3-9(8)6-10/h4-6,14H,1-3,7H2,(H,15,16). The Morgan fingerprint density at radius 1 is 1.38 bits per heavy atom. The van der Waals surface area contributed by atoms with Gasteiger partial charge in [0.25, 0.3) is 5.67 Å². The second-order valence-corrected chi connectivity index (χ2v) is 4.10. The zero-order valence-corrected chi connectivity index (χ0v) is 8.74. The van der Waals surface area contributed by atoms with Crippen LogP contribution in [0.1, 0.15) is 23.1 Å². The Balaban J connectivity index is 2.44. The number of alkyl halides is 1. The van der Waals surface area contributed by atoms with Gasteiger partial charge in [0.15, 0.2) is 0 Å². The van der Waals surface area contributed by atoms with Gasteiger partial charge in [-0.15, -0.1) is 0 Å². The number of hydrogen-bond acceptors (Lipinski definition) is 2. The predicted octanol–water partition coefficient (Wildman–Crippen LogP) is 1.42. The minimum absolute atomic E-state index is 0.0307. The maximum atomic E-state index is 14.0. The van der Waals surface area contributed by atoms with Crippen molar-refractivity contribution in [1.29, 1.82) is 0 Å². The Kier molecular flexibility index (Phi) is 2.68. The molecule has 0 amide bonds. The molecule has 2 N–H and O–H groups in total. The molecule has 3 nitrogen and oxygen atoms in total. The van der Waals surface area contributed by atoms with Crippen molar-refractivity contribution in [3.05, 3.63) is 34.9 Å². The van der Waals surface area contributed by atoms with Crippen LogP contribution in [0.4, 0.5) is 4.39 Å². The lowest BCUT2D eigenvalue weighted by atomic mass is 9.93. The zero-order chi connectivity index (χ0) is 11.8. The monoisotopic (exact) mass is 224 g/mol. The molecule has 0 radical (unpaired) electrons. The summed E-state index contributed by atoms with van der Waals surface area (Å²) < 4.78 is 14.0. The van der Waals surface area contributed by atoms with Crippen LogP contribution in [0.25, 0.3) is 0 Å². The van der Waals surface area contributed by atoms with Gasteiger partial charge in [0.05, 0.1) is 6.61 Å². The molecule has 1 aromatic rings. The fourth-order valence-electron chi connectivity index (χ4n) is 2.10. The predicted molar refractivity (Wildman–Crippen MR) is 56.0 cm³/mol. The fourth-order valence-corrected chi connectivity index (χ4v) is 2.10. The molecule has 0 bridgehead atoms. The van der Waals surface area contributed by atoms with Gasteiger partial charge in [0.2, 0.25) is 0 Å². The van der Waals surface area contributed by atoms with Crippen LogP contribution in [0, 0.1) is 0 Å². The first kappa shape index (κ1) is 11.1. The van der Waals surface area contributed by atoms with Crippen LogP contribution >= 0.6 is 0 Å². The first-order valence-electron chi connectivity index (χ1n) is 5.23. The number of carboxylic acid groups (broad SMARTS) is 1. The van der Waals surface area contributed by atoms with Gasteiger partial charge in [0, 0.05) is 5.56 Å². The Morgan fingerprint density at radius 2 is 2.06 bits per heavy atom. The van der Waals surface area contributed by atoms with Crippen molar-refractivity contribution >= 4 is 5.97 Å². The summed E-state index contributed by atoms with van der Waals surface area (Å²) in [4.78, 5) is 10.8. The summed E-state index contributed by atoms with van der Waals surface area (Å²) in [5.41, 5.74) is -0.510. The van der Waals surface area contributed by atoms with E-state index in [0.717, 1.165) is 30.4 Å². The summed E-state index contributed by atoms with van der Waals surface area (Å²) in [5, 5.41) is 17.7. The smallest absolute Gasteiger partial charge is 0.348 e. The fraction of sp³-hybridized carbons (Fsp3) is 0.417. The number of aliphatic hydroxyl groups excluding tert-OH is 1. The van der Waals surface area contributed by atoms with Crippen LogP contribution in [0.15, 0.2) is 18.2 Å². The summed E-state index contributed by atoms with van der Waals surface area (Å²) in [6.07, 6.45) is 2.83. The number of benzene rings is 1. The summed E-state index contributed by atoms with van der Waals surface area (Å²) in [6.45, 7) is -1.04. The topological polar surface area (TPSA) is 57.5 Å². The summed E-state index contributed by atoms with van der Waals surface area (Å²) >= 11 is 0. The van der Waals surface area contributed by atoms with Crippen LogP contribution in [0.2, 0.25) is 0 Å². The van der Waals surface area contributed by atoms with Crippen LogP contribution < -0.4 is 0 Å². The molecule has 1 atom stereocenters. The minimum Gasteiger partial charge on any atom is -0.479 e. The molecule has 0 fully saturated rings.